The lowest BCUT2D eigenvalue weighted by Crippen LogP contribution is -2.03. The Morgan fingerprint density at radius 1 is 1.06 bits per heavy atom. The molecule has 1 heterocycles. The average molecular weight is 216 g/mol. The molecule has 0 aliphatic heterocycles. The molecule has 2 N–H and O–H groups in total. The van der Waals surface area contributed by atoms with Crippen molar-refractivity contribution in [3.05, 3.63) is 53.7 Å². The number of rotatable bonds is 5. The second-order valence-electron chi connectivity index (χ2n) is 3.76. The van der Waals surface area contributed by atoms with Gasteiger partial charge in [0, 0.05) is 12.8 Å². The summed E-state index contributed by atoms with van der Waals surface area (Å²) in [5.41, 5.74) is 7.71. The fourth-order valence-corrected chi connectivity index (χ4v) is 1.62. The number of hydrogen-bond donors (Lipinski definition) is 1. The molecule has 84 valence electrons. The Morgan fingerprint density at radius 3 is 2.62 bits per heavy atom. The molecule has 1 aromatic carbocycles. The van der Waals surface area contributed by atoms with Crippen LogP contribution >= 0.6 is 0 Å². The molecule has 0 amide bonds. The van der Waals surface area contributed by atoms with Crippen LogP contribution in [0.3, 0.4) is 0 Å². The van der Waals surface area contributed by atoms with Crippen molar-refractivity contribution in [1.82, 2.24) is 4.98 Å². The normalized spacial score (nSPS) is 10.6. The van der Waals surface area contributed by atoms with Gasteiger partial charge in [0.15, 0.2) is 5.89 Å². The third kappa shape index (κ3) is 2.94. The van der Waals surface area contributed by atoms with Crippen molar-refractivity contribution in [2.24, 2.45) is 5.73 Å². The van der Waals surface area contributed by atoms with Gasteiger partial charge in [-0.15, -0.1) is 0 Å². The van der Waals surface area contributed by atoms with Crippen LogP contribution < -0.4 is 5.73 Å². The van der Waals surface area contributed by atoms with E-state index in [1.54, 1.807) is 6.26 Å². The minimum Gasteiger partial charge on any atom is -0.449 e. The van der Waals surface area contributed by atoms with Gasteiger partial charge < -0.3 is 10.2 Å². The first kappa shape index (κ1) is 10.9. The summed E-state index contributed by atoms with van der Waals surface area (Å²) >= 11 is 0. The Hall–Kier alpha value is -1.61. The molecule has 16 heavy (non-hydrogen) atoms. The molecule has 0 unspecified atom stereocenters. The van der Waals surface area contributed by atoms with E-state index >= 15 is 0 Å². The van der Waals surface area contributed by atoms with E-state index in [0.717, 1.165) is 30.8 Å². The van der Waals surface area contributed by atoms with Gasteiger partial charge in [0.25, 0.3) is 0 Å². The summed E-state index contributed by atoms with van der Waals surface area (Å²) < 4.78 is 5.37. The molecule has 2 rings (SSSR count). The Morgan fingerprint density at radius 2 is 1.88 bits per heavy atom. The van der Waals surface area contributed by atoms with E-state index in [1.165, 1.54) is 5.56 Å². The number of nitrogens with two attached hydrogens (primary N) is 1. The molecule has 0 radical (unpaired) electrons. The number of benzene rings is 1. The first-order valence-corrected chi connectivity index (χ1v) is 5.56. The van der Waals surface area contributed by atoms with Crippen molar-refractivity contribution in [2.75, 3.05) is 6.54 Å². The number of oxazole rings is 1. The molecule has 0 bridgehead atoms. The quantitative estimate of drug-likeness (QED) is 0.831. The smallest absolute Gasteiger partial charge is 0.194 e. The highest BCUT2D eigenvalue weighted by atomic mass is 16.3. The van der Waals surface area contributed by atoms with E-state index in [4.69, 9.17) is 10.2 Å². The molecule has 0 saturated heterocycles. The maximum absolute atomic E-state index is 5.45. The van der Waals surface area contributed by atoms with Crippen LogP contribution in [0.5, 0.6) is 0 Å². The van der Waals surface area contributed by atoms with E-state index in [9.17, 15) is 0 Å². The molecule has 0 atom stereocenters. The van der Waals surface area contributed by atoms with Crippen molar-refractivity contribution in [1.29, 1.82) is 0 Å². The minimum absolute atomic E-state index is 0.616. The standard InChI is InChI=1S/C13H16N2O/c14-9-8-12-10-16-13(15-12)7-6-11-4-2-1-3-5-11/h1-5,10H,6-9,14H2. The van der Waals surface area contributed by atoms with Gasteiger partial charge in [-0.1, -0.05) is 30.3 Å². The fraction of sp³-hybridized carbons (Fsp3) is 0.308. The van der Waals surface area contributed by atoms with Gasteiger partial charge in [0.05, 0.1) is 5.69 Å². The largest absolute Gasteiger partial charge is 0.449 e. The highest BCUT2D eigenvalue weighted by Gasteiger charge is 2.03. The van der Waals surface area contributed by atoms with Crippen LogP contribution in [0.4, 0.5) is 0 Å². The molecule has 0 fully saturated rings. The zero-order valence-corrected chi connectivity index (χ0v) is 9.23. The van der Waals surface area contributed by atoms with Crippen LogP contribution in [-0.4, -0.2) is 11.5 Å². The minimum atomic E-state index is 0.616. The van der Waals surface area contributed by atoms with E-state index in [2.05, 4.69) is 17.1 Å². The number of nitrogens with zero attached hydrogens (tertiary/aromatic N) is 1. The lowest BCUT2D eigenvalue weighted by Gasteiger charge is -1.97. The molecular formula is C13H16N2O. The number of aryl methyl sites for hydroxylation is 2. The Kier molecular flexibility index (Phi) is 3.72. The van der Waals surface area contributed by atoms with Gasteiger partial charge in [0.2, 0.25) is 0 Å². The highest BCUT2D eigenvalue weighted by Crippen LogP contribution is 2.07. The van der Waals surface area contributed by atoms with Crippen LogP contribution in [0.15, 0.2) is 41.0 Å². The Labute approximate surface area is 95.3 Å². The molecule has 0 saturated carbocycles. The fourth-order valence-electron chi connectivity index (χ4n) is 1.62. The predicted octanol–water partition coefficient (Wildman–Crippen LogP) is 1.96. The monoisotopic (exact) mass is 216 g/mol. The molecular weight excluding hydrogens is 200 g/mol. The van der Waals surface area contributed by atoms with Crippen molar-refractivity contribution >= 4 is 0 Å². The first-order valence-electron chi connectivity index (χ1n) is 5.56. The molecule has 0 aliphatic rings. The predicted molar refractivity (Wildman–Crippen MR) is 63.1 cm³/mol. The summed E-state index contributed by atoms with van der Waals surface area (Å²) in [6, 6.07) is 10.3. The van der Waals surface area contributed by atoms with Gasteiger partial charge in [-0.25, -0.2) is 4.98 Å². The van der Waals surface area contributed by atoms with Gasteiger partial charge in [-0.3, -0.25) is 0 Å². The lowest BCUT2D eigenvalue weighted by molar-refractivity contribution is 0.493. The van der Waals surface area contributed by atoms with E-state index in [-0.39, 0.29) is 0 Å². The SMILES string of the molecule is NCCc1coc(CCc2ccccc2)n1. The highest BCUT2D eigenvalue weighted by molar-refractivity contribution is 5.15. The topological polar surface area (TPSA) is 52.0 Å². The van der Waals surface area contributed by atoms with Crippen LogP contribution in [0.25, 0.3) is 0 Å². The van der Waals surface area contributed by atoms with Crippen molar-refractivity contribution < 1.29 is 4.42 Å². The zero-order valence-electron chi connectivity index (χ0n) is 9.23. The summed E-state index contributed by atoms with van der Waals surface area (Å²) in [5, 5.41) is 0. The molecule has 0 spiro atoms. The summed E-state index contributed by atoms with van der Waals surface area (Å²) in [6.45, 7) is 0.616. The summed E-state index contributed by atoms with van der Waals surface area (Å²) in [7, 11) is 0. The van der Waals surface area contributed by atoms with Crippen molar-refractivity contribution in [2.45, 2.75) is 19.3 Å². The lowest BCUT2D eigenvalue weighted by atomic mass is 10.1. The summed E-state index contributed by atoms with van der Waals surface area (Å²) in [5.74, 6) is 0.798. The van der Waals surface area contributed by atoms with Gasteiger partial charge >= 0.3 is 0 Å². The zero-order chi connectivity index (χ0) is 11.2. The van der Waals surface area contributed by atoms with Crippen LogP contribution in [0, 0.1) is 0 Å². The summed E-state index contributed by atoms with van der Waals surface area (Å²) in [4.78, 5) is 4.37. The molecule has 2 aromatic rings. The molecule has 0 aliphatic carbocycles. The Bertz CT molecular complexity index is 423. The van der Waals surface area contributed by atoms with Crippen LogP contribution in [-0.2, 0) is 19.3 Å². The van der Waals surface area contributed by atoms with Crippen LogP contribution in [0.1, 0.15) is 17.1 Å². The average Bonchev–Trinajstić information content (AvgIpc) is 2.76. The Balaban J connectivity index is 1.89. The van der Waals surface area contributed by atoms with Gasteiger partial charge in [0.1, 0.15) is 6.26 Å². The first-order chi connectivity index (χ1) is 7.88. The van der Waals surface area contributed by atoms with E-state index in [1.807, 2.05) is 18.2 Å². The van der Waals surface area contributed by atoms with Crippen LogP contribution in [0.2, 0.25) is 0 Å². The van der Waals surface area contributed by atoms with Crippen molar-refractivity contribution in [3.8, 4) is 0 Å². The number of hydrogen-bond acceptors (Lipinski definition) is 3. The van der Waals surface area contributed by atoms with E-state index < -0.39 is 0 Å². The van der Waals surface area contributed by atoms with Gasteiger partial charge in [-0.05, 0) is 18.5 Å². The molecule has 3 nitrogen and oxygen atoms in total. The maximum atomic E-state index is 5.45. The molecule has 3 heteroatoms. The van der Waals surface area contributed by atoms with Crippen molar-refractivity contribution in [3.63, 3.8) is 0 Å². The second kappa shape index (κ2) is 5.47. The summed E-state index contributed by atoms with van der Waals surface area (Å²) in [6.07, 6.45) is 4.29. The molecule has 1 aromatic heterocycles. The third-order valence-electron chi connectivity index (χ3n) is 2.47. The van der Waals surface area contributed by atoms with Gasteiger partial charge in [-0.2, -0.15) is 0 Å². The third-order valence-corrected chi connectivity index (χ3v) is 2.47. The van der Waals surface area contributed by atoms with E-state index in [0.29, 0.717) is 6.54 Å². The number of aromatic nitrogens is 1. The maximum Gasteiger partial charge on any atom is 0.194 e. The second-order valence-corrected chi connectivity index (χ2v) is 3.76.